The van der Waals surface area contributed by atoms with Crippen molar-refractivity contribution < 1.29 is 4.74 Å². The Balaban J connectivity index is 0. The van der Waals surface area contributed by atoms with Crippen LogP contribution in [0.4, 0.5) is 0 Å². The zero-order chi connectivity index (χ0) is 12.3. The zero-order valence-electron chi connectivity index (χ0n) is 11.1. The van der Waals surface area contributed by atoms with Gasteiger partial charge in [-0.15, -0.1) is 5.10 Å². The van der Waals surface area contributed by atoms with E-state index in [1.54, 1.807) is 7.11 Å². The minimum atomic E-state index is 0.637. The summed E-state index contributed by atoms with van der Waals surface area (Å²) in [6, 6.07) is 1.99. The second-order valence-electron chi connectivity index (χ2n) is 2.37. The van der Waals surface area contributed by atoms with Crippen LogP contribution in [-0.4, -0.2) is 17.3 Å². The second kappa shape index (κ2) is 11.0. The van der Waals surface area contributed by atoms with Crippen molar-refractivity contribution in [2.45, 2.75) is 48.0 Å². The maximum atomic E-state index is 5.02. The second-order valence-corrected chi connectivity index (χ2v) is 2.37. The Kier molecular flexibility index (Phi) is 11.9. The smallest absolute Gasteiger partial charge is 0.236 e. The van der Waals surface area contributed by atoms with Gasteiger partial charge in [0.25, 0.3) is 0 Å². The summed E-state index contributed by atoms with van der Waals surface area (Å²) in [5.41, 5.74) is 2.04. The number of rotatable bonds is 2. The van der Waals surface area contributed by atoms with Gasteiger partial charge in [-0.1, -0.05) is 34.6 Å². The summed E-state index contributed by atoms with van der Waals surface area (Å²) in [4.78, 5) is 0. The molecule has 0 saturated heterocycles. The van der Waals surface area contributed by atoms with Gasteiger partial charge in [0.15, 0.2) is 0 Å². The van der Waals surface area contributed by atoms with Gasteiger partial charge in [0, 0.05) is 5.56 Å². The number of aromatic nitrogens is 2. The van der Waals surface area contributed by atoms with Crippen LogP contribution in [0.1, 0.15) is 45.9 Å². The standard InChI is InChI=1S/C8H12N2O.2C2H6/c1-4-7-5-6(2)9-10-8(7)11-3;2*1-2/h5H,4H2,1-3H3;2*1-2H3. The molecular formula is C12H24N2O. The fourth-order valence-corrected chi connectivity index (χ4v) is 0.956. The third-order valence-corrected chi connectivity index (χ3v) is 1.53. The lowest BCUT2D eigenvalue weighted by molar-refractivity contribution is 0.386. The summed E-state index contributed by atoms with van der Waals surface area (Å²) < 4.78 is 5.02. The highest BCUT2D eigenvalue weighted by atomic mass is 16.5. The number of aryl methyl sites for hydroxylation is 2. The number of hydrogen-bond acceptors (Lipinski definition) is 3. The Morgan fingerprint density at radius 3 is 2.07 bits per heavy atom. The summed E-state index contributed by atoms with van der Waals surface area (Å²) >= 11 is 0. The van der Waals surface area contributed by atoms with Crippen molar-refractivity contribution in [1.82, 2.24) is 10.2 Å². The molecule has 15 heavy (non-hydrogen) atoms. The number of methoxy groups -OCH3 is 1. The van der Waals surface area contributed by atoms with Gasteiger partial charge in [-0.2, -0.15) is 5.10 Å². The van der Waals surface area contributed by atoms with Crippen LogP contribution < -0.4 is 4.74 Å². The van der Waals surface area contributed by atoms with Crippen molar-refractivity contribution in [3.8, 4) is 5.88 Å². The van der Waals surface area contributed by atoms with Crippen molar-refractivity contribution in [3.05, 3.63) is 17.3 Å². The zero-order valence-corrected chi connectivity index (χ0v) is 11.1. The molecule has 0 atom stereocenters. The summed E-state index contributed by atoms with van der Waals surface area (Å²) in [5.74, 6) is 0.637. The molecule has 0 aliphatic heterocycles. The predicted octanol–water partition coefficient (Wildman–Crippen LogP) is 3.41. The molecule has 0 aliphatic rings. The van der Waals surface area contributed by atoms with Crippen LogP contribution in [-0.2, 0) is 6.42 Å². The van der Waals surface area contributed by atoms with Crippen molar-refractivity contribution in [2.24, 2.45) is 0 Å². The Hall–Kier alpha value is -1.12. The van der Waals surface area contributed by atoms with E-state index >= 15 is 0 Å². The third kappa shape index (κ3) is 6.05. The van der Waals surface area contributed by atoms with Gasteiger partial charge in [0.05, 0.1) is 12.8 Å². The molecule has 0 aliphatic carbocycles. The van der Waals surface area contributed by atoms with Gasteiger partial charge < -0.3 is 4.74 Å². The van der Waals surface area contributed by atoms with Crippen molar-refractivity contribution >= 4 is 0 Å². The van der Waals surface area contributed by atoms with E-state index in [0.717, 1.165) is 17.7 Å². The first-order chi connectivity index (χ1) is 7.27. The molecule has 0 N–H and O–H groups in total. The van der Waals surface area contributed by atoms with Crippen LogP contribution >= 0.6 is 0 Å². The largest absolute Gasteiger partial charge is 0.480 e. The Morgan fingerprint density at radius 1 is 1.13 bits per heavy atom. The molecule has 0 unspecified atom stereocenters. The van der Waals surface area contributed by atoms with E-state index in [1.807, 2.05) is 40.7 Å². The molecule has 1 heterocycles. The minimum Gasteiger partial charge on any atom is -0.480 e. The van der Waals surface area contributed by atoms with E-state index in [-0.39, 0.29) is 0 Å². The first-order valence-electron chi connectivity index (χ1n) is 5.65. The molecule has 88 valence electrons. The Labute approximate surface area is 93.9 Å². The molecule has 1 aromatic heterocycles. The highest BCUT2D eigenvalue weighted by Gasteiger charge is 2.01. The lowest BCUT2D eigenvalue weighted by Crippen LogP contribution is -1.97. The van der Waals surface area contributed by atoms with Gasteiger partial charge >= 0.3 is 0 Å². The molecule has 0 spiro atoms. The van der Waals surface area contributed by atoms with Crippen LogP contribution in [0.3, 0.4) is 0 Å². The quantitative estimate of drug-likeness (QED) is 0.753. The first-order valence-corrected chi connectivity index (χ1v) is 5.65. The van der Waals surface area contributed by atoms with Gasteiger partial charge in [-0.3, -0.25) is 0 Å². The fourth-order valence-electron chi connectivity index (χ4n) is 0.956. The maximum absolute atomic E-state index is 5.02. The highest BCUT2D eigenvalue weighted by Crippen LogP contribution is 2.13. The third-order valence-electron chi connectivity index (χ3n) is 1.53. The van der Waals surface area contributed by atoms with E-state index in [0.29, 0.717) is 5.88 Å². The molecule has 0 fully saturated rings. The Morgan fingerprint density at radius 2 is 1.67 bits per heavy atom. The topological polar surface area (TPSA) is 35.0 Å². The molecule has 0 saturated carbocycles. The average molecular weight is 212 g/mol. The normalized spacial score (nSPS) is 7.93. The van der Waals surface area contributed by atoms with Crippen LogP contribution in [0.15, 0.2) is 6.07 Å². The van der Waals surface area contributed by atoms with E-state index in [2.05, 4.69) is 17.1 Å². The molecule has 0 aromatic carbocycles. The van der Waals surface area contributed by atoms with E-state index in [1.165, 1.54) is 0 Å². The molecule has 0 bridgehead atoms. The first kappa shape index (κ1) is 16.3. The van der Waals surface area contributed by atoms with Crippen LogP contribution in [0, 0.1) is 6.92 Å². The molecule has 0 radical (unpaired) electrons. The molecule has 1 rings (SSSR count). The average Bonchev–Trinajstić information content (AvgIpc) is 2.34. The van der Waals surface area contributed by atoms with Crippen molar-refractivity contribution in [1.29, 1.82) is 0 Å². The summed E-state index contributed by atoms with van der Waals surface area (Å²) in [6.45, 7) is 12.0. The number of nitrogens with zero attached hydrogens (tertiary/aromatic N) is 2. The highest BCUT2D eigenvalue weighted by molar-refractivity contribution is 5.25. The van der Waals surface area contributed by atoms with E-state index in [4.69, 9.17) is 4.74 Å². The lowest BCUT2D eigenvalue weighted by atomic mass is 10.2. The predicted molar refractivity (Wildman–Crippen MR) is 65.4 cm³/mol. The molecule has 1 aromatic rings. The van der Waals surface area contributed by atoms with Gasteiger partial charge in [0.1, 0.15) is 0 Å². The summed E-state index contributed by atoms with van der Waals surface area (Å²) in [7, 11) is 1.61. The lowest BCUT2D eigenvalue weighted by Gasteiger charge is -2.03. The van der Waals surface area contributed by atoms with Gasteiger partial charge in [-0.05, 0) is 19.4 Å². The van der Waals surface area contributed by atoms with Crippen molar-refractivity contribution in [3.63, 3.8) is 0 Å². The van der Waals surface area contributed by atoms with E-state index < -0.39 is 0 Å². The SMILES string of the molecule is CC.CC.CCc1cc(C)nnc1OC. The Bertz CT molecular complexity index is 249. The molecule has 3 heteroatoms. The minimum absolute atomic E-state index is 0.637. The van der Waals surface area contributed by atoms with Crippen LogP contribution in [0.25, 0.3) is 0 Å². The number of hydrogen-bond donors (Lipinski definition) is 0. The van der Waals surface area contributed by atoms with E-state index in [9.17, 15) is 0 Å². The molecular weight excluding hydrogens is 188 g/mol. The molecule has 0 amide bonds. The molecule has 3 nitrogen and oxygen atoms in total. The van der Waals surface area contributed by atoms with Gasteiger partial charge in [-0.25, -0.2) is 0 Å². The van der Waals surface area contributed by atoms with Gasteiger partial charge in [0.2, 0.25) is 5.88 Å². The maximum Gasteiger partial charge on any atom is 0.236 e. The van der Waals surface area contributed by atoms with Crippen molar-refractivity contribution in [2.75, 3.05) is 7.11 Å². The monoisotopic (exact) mass is 212 g/mol. The summed E-state index contributed by atoms with van der Waals surface area (Å²) in [5, 5.41) is 7.78. The fraction of sp³-hybridized carbons (Fsp3) is 0.667. The summed E-state index contributed by atoms with van der Waals surface area (Å²) in [6.07, 6.45) is 0.930. The number of ether oxygens (including phenoxy) is 1. The van der Waals surface area contributed by atoms with Crippen LogP contribution in [0.5, 0.6) is 5.88 Å². The van der Waals surface area contributed by atoms with Crippen LogP contribution in [0.2, 0.25) is 0 Å².